The summed E-state index contributed by atoms with van der Waals surface area (Å²) in [4.78, 5) is 2.15. The van der Waals surface area contributed by atoms with Crippen molar-refractivity contribution in [1.29, 1.82) is 0 Å². The Morgan fingerprint density at radius 3 is 2.38 bits per heavy atom. The Kier molecular flexibility index (Phi) is 2.33. The van der Waals surface area contributed by atoms with E-state index >= 15 is 0 Å². The average Bonchev–Trinajstić information content (AvgIpc) is 2.15. The Morgan fingerprint density at radius 1 is 1.31 bits per heavy atom. The Balaban J connectivity index is 1.90. The van der Waals surface area contributed by atoms with Gasteiger partial charge in [-0.1, -0.05) is 0 Å². The first-order chi connectivity index (χ1) is 6.14. The van der Waals surface area contributed by atoms with Gasteiger partial charge < -0.3 is 10.0 Å². The number of hydrogen-bond acceptors (Lipinski definition) is 4. The molecule has 3 aliphatic rings. The predicted molar refractivity (Wildman–Crippen MR) is 49.3 cm³/mol. The number of hydrogen-bond donors (Lipinski definition) is 1. The molecule has 0 amide bonds. The molecule has 4 nitrogen and oxygen atoms in total. The lowest BCUT2D eigenvalue weighted by atomic mass is 10.1. The van der Waals surface area contributed by atoms with E-state index in [0.717, 1.165) is 19.4 Å². The first-order valence-electron chi connectivity index (χ1n) is 4.70. The van der Waals surface area contributed by atoms with Gasteiger partial charge in [-0.25, -0.2) is 8.42 Å². The fourth-order valence-electron chi connectivity index (χ4n) is 2.20. The molecule has 0 aromatic carbocycles. The van der Waals surface area contributed by atoms with Gasteiger partial charge in [0.1, 0.15) is 0 Å². The number of aliphatic hydroxyl groups is 1. The number of aliphatic hydroxyl groups excluding tert-OH is 1. The molecule has 2 unspecified atom stereocenters. The fourth-order valence-corrected chi connectivity index (χ4v) is 4.22. The smallest absolute Gasteiger partial charge is 0.158 e. The topological polar surface area (TPSA) is 57.6 Å². The second-order valence-electron chi connectivity index (χ2n) is 3.91. The van der Waals surface area contributed by atoms with Crippen LogP contribution in [0.25, 0.3) is 0 Å². The number of nitrogens with zero attached hydrogens (tertiary/aromatic N) is 1. The largest absolute Gasteiger partial charge is 0.396 e. The van der Waals surface area contributed by atoms with Crippen molar-refractivity contribution in [2.45, 2.75) is 23.3 Å². The SMILES string of the molecule is O=S1(=O)C2CC1CN(CCCO)C2. The average molecular weight is 205 g/mol. The van der Waals surface area contributed by atoms with Gasteiger partial charge in [0.05, 0.1) is 10.5 Å². The standard InChI is InChI=1S/C8H15NO3S/c10-3-1-2-9-5-7-4-8(6-9)13(7,11)12/h7-8,10H,1-6H2. The minimum absolute atomic E-state index is 0.107. The molecule has 13 heavy (non-hydrogen) atoms. The van der Waals surface area contributed by atoms with Crippen LogP contribution in [0.15, 0.2) is 0 Å². The molecule has 3 saturated heterocycles. The maximum Gasteiger partial charge on any atom is 0.158 e. The quantitative estimate of drug-likeness (QED) is 0.658. The molecule has 3 fully saturated rings. The Morgan fingerprint density at radius 2 is 1.92 bits per heavy atom. The van der Waals surface area contributed by atoms with Crippen LogP contribution in [0.3, 0.4) is 0 Å². The molecule has 2 bridgehead atoms. The summed E-state index contributed by atoms with van der Waals surface area (Å²) in [5.74, 6) is 0. The summed E-state index contributed by atoms with van der Waals surface area (Å²) in [5, 5.41) is 8.42. The molecule has 0 saturated carbocycles. The highest BCUT2D eigenvalue weighted by Crippen LogP contribution is 2.35. The van der Waals surface area contributed by atoms with Gasteiger partial charge in [-0.15, -0.1) is 0 Å². The molecule has 3 rings (SSSR count). The molecule has 0 aromatic heterocycles. The Hall–Kier alpha value is -0.130. The zero-order valence-electron chi connectivity index (χ0n) is 7.52. The molecule has 3 heterocycles. The lowest BCUT2D eigenvalue weighted by Crippen LogP contribution is -2.62. The van der Waals surface area contributed by atoms with Gasteiger partial charge in [0.2, 0.25) is 0 Å². The second kappa shape index (κ2) is 3.22. The number of sulfone groups is 1. The van der Waals surface area contributed by atoms with E-state index in [2.05, 4.69) is 4.90 Å². The highest BCUT2D eigenvalue weighted by atomic mass is 32.2. The van der Waals surface area contributed by atoms with E-state index in [4.69, 9.17) is 5.11 Å². The van der Waals surface area contributed by atoms with E-state index in [1.165, 1.54) is 0 Å². The highest BCUT2D eigenvalue weighted by molar-refractivity contribution is 7.94. The summed E-state index contributed by atoms with van der Waals surface area (Å²) < 4.78 is 22.7. The molecular formula is C8H15NO3S. The van der Waals surface area contributed by atoms with Crippen LogP contribution in [0.1, 0.15) is 12.8 Å². The van der Waals surface area contributed by atoms with Gasteiger partial charge in [-0.2, -0.15) is 0 Å². The Labute approximate surface area is 78.5 Å². The minimum atomic E-state index is -2.73. The molecule has 3 aliphatic heterocycles. The number of fused-ring (bicyclic) bond motifs is 2. The van der Waals surface area contributed by atoms with Gasteiger partial charge in [0.25, 0.3) is 0 Å². The van der Waals surface area contributed by atoms with Gasteiger partial charge in [0, 0.05) is 26.2 Å². The van der Waals surface area contributed by atoms with Crippen molar-refractivity contribution in [3.63, 3.8) is 0 Å². The van der Waals surface area contributed by atoms with Crippen molar-refractivity contribution < 1.29 is 13.5 Å². The summed E-state index contributed by atoms with van der Waals surface area (Å²) >= 11 is 0. The minimum Gasteiger partial charge on any atom is -0.396 e. The number of rotatable bonds is 3. The van der Waals surface area contributed by atoms with Crippen molar-refractivity contribution in [1.82, 2.24) is 4.90 Å². The van der Waals surface area contributed by atoms with Crippen LogP contribution in [-0.2, 0) is 9.84 Å². The van der Waals surface area contributed by atoms with Crippen LogP contribution < -0.4 is 0 Å². The Bertz CT molecular complexity index is 270. The van der Waals surface area contributed by atoms with Crippen molar-refractivity contribution in [3.05, 3.63) is 0 Å². The van der Waals surface area contributed by atoms with Crippen LogP contribution in [0.2, 0.25) is 0 Å². The van der Waals surface area contributed by atoms with E-state index < -0.39 is 9.84 Å². The second-order valence-corrected chi connectivity index (χ2v) is 6.42. The lowest BCUT2D eigenvalue weighted by molar-refractivity contribution is 0.185. The summed E-state index contributed by atoms with van der Waals surface area (Å²) in [6.45, 7) is 2.38. The third-order valence-electron chi connectivity index (χ3n) is 3.01. The van der Waals surface area contributed by atoms with Crippen LogP contribution in [0.5, 0.6) is 0 Å². The number of piperidine rings is 1. The van der Waals surface area contributed by atoms with Gasteiger partial charge in [0.15, 0.2) is 9.84 Å². The molecule has 2 atom stereocenters. The molecule has 0 aromatic rings. The fraction of sp³-hybridized carbons (Fsp3) is 1.00. The first kappa shape index (κ1) is 9.43. The monoisotopic (exact) mass is 205 g/mol. The first-order valence-corrected chi connectivity index (χ1v) is 6.31. The van der Waals surface area contributed by atoms with E-state index in [-0.39, 0.29) is 17.1 Å². The van der Waals surface area contributed by atoms with Crippen LogP contribution in [0.4, 0.5) is 0 Å². The zero-order valence-corrected chi connectivity index (χ0v) is 8.33. The summed E-state index contributed by atoms with van der Waals surface area (Å²) in [6, 6.07) is 0. The molecule has 0 radical (unpaired) electrons. The molecule has 0 spiro atoms. The van der Waals surface area contributed by atoms with E-state index in [9.17, 15) is 8.42 Å². The van der Waals surface area contributed by atoms with Gasteiger partial charge >= 0.3 is 0 Å². The van der Waals surface area contributed by atoms with Gasteiger partial charge in [-0.05, 0) is 12.8 Å². The van der Waals surface area contributed by atoms with E-state index in [0.29, 0.717) is 13.1 Å². The highest BCUT2D eigenvalue weighted by Gasteiger charge is 2.51. The normalized spacial score (nSPS) is 37.0. The molecule has 0 aliphatic carbocycles. The maximum atomic E-state index is 11.4. The van der Waals surface area contributed by atoms with Crippen LogP contribution >= 0.6 is 0 Å². The molecular weight excluding hydrogens is 190 g/mol. The van der Waals surface area contributed by atoms with Crippen molar-refractivity contribution in [3.8, 4) is 0 Å². The lowest BCUT2D eigenvalue weighted by Gasteiger charge is -2.46. The molecule has 5 heteroatoms. The van der Waals surface area contributed by atoms with Crippen LogP contribution in [-0.4, -0.2) is 55.2 Å². The zero-order chi connectivity index (χ0) is 9.47. The van der Waals surface area contributed by atoms with Gasteiger partial charge in [-0.3, -0.25) is 0 Å². The van der Waals surface area contributed by atoms with Crippen molar-refractivity contribution >= 4 is 9.84 Å². The van der Waals surface area contributed by atoms with E-state index in [1.54, 1.807) is 0 Å². The predicted octanol–water partition coefficient (Wildman–Crippen LogP) is -0.760. The van der Waals surface area contributed by atoms with Crippen molar-refractivity contribution in [2.24, 2.45) is 0 Å². The van der Waals surface area contributed by atoms with Crippen LogP contribution in [0, 0.1) is 0 Å². The summed E-state index contributed by atoms with van der Waals surface area (Å²) in [5.41, 5.74) is 0. The third kappa shape index (κ3) is 1.49. The maximum absolute atomic E-state index is 11.4. The van der Waals surface area contributed by atoms with Crippen molar-refractivity contribution in [2.75, 3.05) is 26.2 Å². The summed E-state index contributed by atoms with van der Waals surface area (Å²) in [7, 11) is -2.73. The molecule has 1 N–H and O–H groups in total. The third-order valence-corrected chi connectivity index (χ3v) is 5.55. The molecule has 76 valence electrons. The van der Waals surface area contributed by atoms with E-state index in [1.807, 2.05) is 0 Å². The summed E-state index contributed by atoms with van der Waals surface area (Å²) in [6.07, 6.45) is 1.61.